The number of benzene rings is 1. The van der Waals surface area contributed by atoms with Gasteiger partial charge in [-0.15, -0.1) is 0 Å². The molecule has 2 aromatic heterocycles. The molecule has 0 radical (unpaired) electrons. The molecular formula is C14H12ClN5. The van der Waals surface area contributed by atoms with Gasteiger partial charge >= 0.3 is 0 Å². The largest absolute Gasteiger partial charge is 0.377 e. The number of aromatic amines is 1. The van der Waals surface area contributed by atoms with E-state index in [4.69, 9.17) is 11.6 Å². The van der Waals surface area contributed by atoms with Crippen molar-refractivity contribution in [2.24, 2.45) is 0 Å². The molecule has 0 atom stereocenters. The number of hydrogen-bond donors (Lipinski definition) is 2. The van der Waals surface area contributed by atoms with Crippen LogP contribution in [0, 0.1) is 0 Å². The molecule has 2 heterocycles. The quantitative estimate of drug-likeness (QED) is 0.773. The fourth-order valence-corrected chi connectivity index (χ4v) is 1.99. The highest BCUT2D eigenvalue weighted by Crippen LogP contribution is 2.21. The Hall–Kier alpha value is -2.40. The zero-order valence-electron chi connectivity index (χ0n) is 10.5. The molecule has 3 aromatic rings. The number of nitrogens with one attached hydrogen (secondary N) is 2. The summed E-state index contributed by atoms with van der Waals surface area (Å²) in [5.41, 5.74) is 1.80. The number of rotatable bonds is 4. The number of aromatic nitrogens is 4. The van der Waals surface area contributed by atoms with Gasteiger partial charge in [-0.1, -0.05) is 23.7 Å². The highest BCUT2D eigenvalue weighted by Gasteiger charge is 2.06. The third kappa shape index (κ3) is 2.78. The zero-order valence-corrected chi connectivity index (χ0v) is 11.3. The standard InChI is InChI=1S/C14H12ClN5/c15-11-3-1-2-4-12(11)17-9-13-18-14(20-19-13)10-5-7-16-8-6-10/h1-8,17H,9H2,(H,18,19,20). The number of hydrogen-bond acceptors (Lipinski definition) is 4. The van der Waals surface area contributed by atoms with Crippen LogP contribution in [0.3, 0.4) is 0 Å². The van der Waals surface area contributed by atoms with Crippen molar-refractivity contribution in [1.82, 2.24) is 20.2 Å². The normalized spacial score (nSPS) is 10.4. The molecule has 0 unspecified atom stereocenters. The molecule has 1 aromatic carbocycles. The summed E-state index contributed by atoms with van der Waals surface area (Å²) in [7, 11) is 0. The van der Waals surface area contributed by atoms with Crippen molar-refractivity contribution in [2.75, 3.05) is 5.32 Å². The lowest BCUT2D eigenvalue weighted by molar-refractivity contribution is 0.955. The summed E-state index contributed by atoms with van der Waals surface area (Å²) in [5, 5.41) is 11.0. The lowest BCUT2D eigenvalue weighted by Crippen LogP contribution is -2.01. The molecule has 0 amide bonds. The van der Waals surface area contributed by atoms with Crippen LogP contribution in [0.2, 0.25) is 5.02 Å². The van der Waals surface area contributed by atoms with Gasteiger partial charge in [-0.3, -0.25) is 10.1 Å². The Labute approximate surface area is 121 Å². The zero-order chi connectivity index (χ0) is 13.8. The topological polar surface area (TPSA) is 66.5 Å². The minimum atomic E-state index is 0.530. The van der Waals surface area contributed by atoms with Gasteiger partial charge < -0.3 is 5.32 Å². The average Bonchev–Trinajstić information content (AvgIpc) is 2.96. The lowest BCUT2D eigenvalue weighted by Gasteiger charge is -2.05. The monoisotopic (exact) mass is 285 g/mol. The number of pyridine rings is 1. The van der Waals surface area contributed by atoms with Crippen LogP contribution >= 0.6 is 11.6 Å². The van der Waals surface area contributed by atoms with Gasteiger partial charge in [0, 0.05) is 18.0 Å². The summed E-state index contributed by atoms with van der Waals surface area (Å²) in [6, 6.07) is 11.3. The van der Waals surface area contributed by atoms with Crippen LogP contribution in [0.1, 0.15) is 5.82 Å². The minimum Gasteiger partial charge on any atom is -0.377 e. The molecule has 2 N–H and O–H groups in total. The minimum absolute atomic E-state index is 0.530. The molecule has 20 heavy (non-hydrogen) atoms. The van der Waals surface area contributed by atoms with Crippen LogP contribution in [0.15, 0.2) is 48.8 Å². The van der Waals surface area contributed by atoms with Crippen LogP contribution in [-0.4, -0.2) is 20.2 Å². The van der Waals surface area contributed by atoms with E-state index in [2.05, 4.69) is 25.5 Å². The van der Waals surface area contributed by atoms with E-state index in [-0.39, 0.29) is 0 Å². The summed E-state index contributed by atoms with van der Waals surface area (Å²) in [5.74, 6) is 1.40. The summed E-state index contributed by atoms with van der Waals surface area (Å²) in [4.78, 5) is 8.40. The second-order valence-corrected chi connectivity index (χ2v) is 4.58. The maximum atomic E-state index is 6.08. The van der Waals surface area contributed by atoms with Gasteiger partial charge in [-0.25, -0.2) is 4.98 Å². The Morgan fingerprint density at radius 1 is 1.10 bits per heavy atom. The smallest absolute Gasteiger partial charge is 0.181 e. The Morgan fingerprint density at radius 2 is 1.90 bits per heavy atom. The molecule has 0 aliphatic rings. The van der Waals surface area contributed by atoms with Crippen molar-refractivity contribution in [3.05, 3.63) is 59.6 Å². The highest BCUT2D eigenvalue weighted by molar-refractivity contribution is 6.33. The third-order valence-corrected chi connectivity index (χ3v) is 3.12. The fourth-order valence-electron chi connectivity index (χ4n) is 1.79. The van der Waals surface area contributed by atoms with E-state index in [0.29, 0.717) is 17.4 Å². The van der Waals surface area contributed by atoms with Crippen LogP contribution in [0.5, 0.6) is 0 Å². The number of nitrogens with zero attached hydrogens (tertiary/aromatic N) is 3. The van der Waals surface area contributed by atoms with Gasteiger partial charge in [0.15, 0.2) is 5.82 Å². The van der Waals surface area contributed by atoms with Crippen LogP contribution in [0.25, 0.3) is 11.4 Å². The summed E-state index contributed by atoms with van der Waals surface area (Å²) in [6.07, 6.45) is 3.43. The Kier molecular flexibility index (Phi) is 3.60. The molecule has 100 valence electrons. The first kappa shape index (κ1) is 12.6. The van der Waals surface area contributed by atoms with Gasteiger partial charge in [0.1, 0.15) is 5.82 Å². The highest BCUT2D eigenvalue weighted by atomic mass is 35.5. The molecule has 0 saturated carbocycles. The lowest BCUT2D eigenvalue weighted by atomic mass is 10.2. The van der Waals surface area contributed by atoms with Crippen molar-refractivity contribution in [2.45, 2.75) is 6.54 Å². The number of H-pyrrole nitrogens is 1. The molecule has 0 saturated heterocycles. The molecule has 0 bridgehead atoms. The van der Waals surface area contributed by atoms with E-state index in [1.807, 2.05) is 36.4 Å². The van der Waals surface area contributed by atoms with E-state index in [0.717, 1.165) is 17.1 Å². The van der Waals surface area contributed by atoms with Crippen LogP contribution < -0.4 is 5.32 Å². The molecule has 0 aliphatic heterocycles. The molecule has 0 fully saturated rings. The predicted octanol–water partition coefficient (Wildman–Crippen LogP) is 3.13. The fraction of sp³-hybridized carbons (Fsp3) is 0.0714. The average molecular weight is 286 g/mol. The SMILES string of the molecule is Clc1ccccc1NCc1nc(-c2ccncc2)n[nH]1. The van der Waals surface area contributed by atoms with Gasteiger partial charge in [-0.05, 0) is 24.3 Å². The van der Waals surface area contributed by atoms with E-state index in [1.54, 1.807) is 12.4 Å². The van der Waals surface area contributed by atoms with Crippen molar-refractivity contribution in [1.29, 1.82) is 0 Å². The molecule has 0 spiro atoms. The number of halogens is 1. The maximum Gasteiger partial charge on any atom is 0.181 e. The van der Waals surface area contributed by atoms with Gasteiger partial charge in [0.2, 0.25) is 0 Å². The van der Waals surface area contributed by atoms with Crippen molar-refractivity contribution >= 4 is 17.3 Å². The molecule has 5 nitrogen and oxygen atoms in total. The van der Waals surface area contributed by atoms with E-state index >= 15 is 0 Å². The number of para-hydroxylation sites is 1. The Balaban J connectivity index is 1.71. The van der Waals surface area contributed by atoms with Gasteiger partial charge in [0.25, 0.3) is 0 Å². The molecular weight excluding hydrogens is 274 g/mol. The van der Waals surface area contributed by atoms with Crippen LogP contribution in [-0.2, 0) is 6.54 Å². The van der Waals surface area contributed by atoms with Gasteiger partial charge in [0.05, 0.1) is 17.3 Å². The molecule has 0 aliphatic carbocycles. The van der Waals surface area contributed by atoms with E-state index < -0.39 is 0 Å². The van der Waals surface area contributed by atoms with Crippen molar-refractivity contribution in [3.63, 3.8) is 0 Å². The Morgan fingerprint density at radius 3 is 2.70 bits per heavy atom. The second kappa shape index (κ2) is 5.71. The summed E-state index contributed by atoms with van der Waals surface area (Å²) < 4.78 is 0. The summed E-state index contributed by atoms with van der Waals surface area (Å²) >= 11 is 6.08. The first-order valence-corrected chi connectivity index (χ1v) is 6.51. The second-order valence-electron chi connectivity index (χ2n) is 4.17. The first-order valence-electron chi connectivity index (χ1n) is 6.13. The molecule has 6 heteroatoms. The Bertz CT molecular complexity index is 696. The van der Waals surface area contributed by atoms with Gasteiger partial charge in [-0.2, -0.15) is 5.10 Å². The summed E-state index contributed by atoms with van der Waals surface area (Å²) in [6.45, 7) is 0.530. The predicted molar refractivity (Wildman–Crippen MR) is 78.4 cm³/mol. The number of anilines is 1. The van der Waals surface area contributed by atoms with Crippen LogP contribution in [0.4, 0.5) is 5.69 Å². The third-order valence-electron chi connectivity index (χ3n) is 2.79. The van der Waals surface area contributed by atoms with Crippen molar-refractivity contribution in [3.8, 4) is 11.4 Å². The first-order chi connectivity index (χ1) is 9.83. The maximum absolute atomic E-state index is 6.08. The van der Waals surface area contributed by atoms with E-state index in [9.17, 15) is 0 Å². The molecule has 3 rings (SSSR count). The van der Waals surface area contributed by atoms with Crippen molar-refractivity contribution < 1.29 is 0 Å². The van der Waals surface area contributed by atoms with E-state index in [1.165, 1.54) is 0 Å².